The standard InChI is InChI=1S/C8H6N2O2/c9-5-6(8(11)12)7-3-1-2-4-10-7/h1-4,6H,(H,11,12). The largest absolute Gasteiger partial charge is 0.480 e. The summed E-state index contributed by atoms with van der Waals surface area (Å²) in [6.45, 7) is 0. The van der Waals surface area contributed by atoms with Crippen LogP contribution in [0.25, 0.3) is 0 Å². The molecule has 0 aromatic carbocycles. The Morgan fingerprint density at radius 3 is 2.83 bits per heavy atom. The molecule has 1 aromatic heterocycles. The van der Waals surface area contributed by atoms with Gasteiger partial charge in [-0.15, -0.1) is 0 Å². The van der Waals surface area contributed by atoms with E-state index >= 15 is 0 Å². The molecule has 0 amide bonds. The first-order valence-corrected chi connectivity index (χ1v) is 3.29. The lowest BCUT2D eigenvalue weighted by molar-refractivity contribution is -0.137. The van der Waals surface area contributed by atoms with Crippen LogP contribution in [0, 0.1) is 11.3 Å². The van der Waals surface area contributed by atoms with Gasteiger partial charge in [0.2, 0.25) is 0 Å². The molecule has 60 valence electrons. The fourth-order valence-electron chi connectivity index (χ4n) is 0.795. The van der Waals surface area contributed by atoms with Gasteiger partial charge in [0, 0.05) is 6.20 Å². The molecule has 1 N–H and O–H groups in total. The molecular weight excluding hydrogens is 156 g/mol. The highest BCUT2D eigenvalue weighted by Crippen LogP contribution is 2.10. The topological polar surface area (TPSA) is 74.0 Å². The molecule has 0 aliphatic rings. The summed E-state index contributed by atoms with van der Waals surface area (Å²) in [5, 5.41) is 17.0. The molecule has 4 nitrogen and oxygen atoms in total. The minimum atomic E-state index is -1.17. The van der Waals surface area contributed by atoms with Crippen LogP contribution in [0.3, 0.4) is 0 Å². The van der Waals surface area contributed by atoms with Crippen molar-refractivity contribution in [2.24, 2.45) is 0 Å². The van der Waals surface area contributed by atoms with E-state index in [1.165, 1.54) is 12.3 Å². The van der Waals surface area contributed by atoms with E-state index in [1.807, 2.05) is 0 Å². The van der Waals surface area contributed by atoms with Gasteiger partial charge in [0.05, 0.1) is 11.8 Å². The summed E-state index contributed by atoms with van der Waals surface area (Å²) in [5.41, 5.74) is 0.271. The number of rotatable bonds is 2. The maximum Gasteiger partial charge on any atom is 0.327 e. The van der Waals surface area contributed by atoms with E-state index < -0.39 is 11.9 Å². The number of pyridine rings is 1. The smallest absolute Gasteiger partial charge is 0.327 e. The molecule has 0 fully saturated rings. The van der Waals surface area contributed by atoms with E-state index in [-0.39, 0.29) is 5.69 Å². The van der Waals surface area contributed by atoms with Gasteiger partial charge in [-0.3, -0.25) is 9.78 Å². The van der Waals surface area contributed by atoms with Crippen molar-refractivity contribution in [2.45, 2.75) is 5.92 Å². The third-order valence-electron chi connectivity index (χ3n) is 1.36. The van der Waals surface area contributed by atoms with Gasteiger partial charge in [0.15, 0.2) is 5.92 Å². The first kappa shape index (κ1) is 8.21. The van der Waals surface area contributed by atoms with E-state index in [0.717, 1.165) is 0 Å². The lowest BCUT2D eigenvalue weighted by Crippen LogP contribution is -2.10. The minimum Gasteiger partial charge on any atom is -0.480 e. The molecule has 12 heavy (non-hydrogen) atoms. The summed E-state index contributed by atoms with van der Waals surface area (Å²) in [6, 6.07) is 6.49. The molecule has 1 heterocycles. The maximum absolute atomic E-state index is 10.5. The number of aliphatic carboxylic acids is 1. The molecule has 1 aromatic rings. The van der Waals surface area contributed by atoms with Crippen molar-refractivity contribution in [3.05, 3.63) is 30.1 Å². The molecule has 0 aliphatic heterocycles. The van der Waals surface area contributed by atoms with Crippen LogP contribution in [0.2, 0.25) is 0 Å². The Morgan fingerprint density at radius 1 is 1.67 bits per heavy atom. The molecular formula is C8H6N2O2. The van der Waals surface area contributed by atoms with Crippen molar-refractivity contribution < 1.29 is 9.90 Å². The van der Waals surface area contributed by atoms with Crippen molar-refractivity contribution in [2.75, 3.05) is 0 Å². The summed E-state index contributed by atoms with van der Waals surface area (Å²) in [4.78, 5) is 14.2. The third kappa shape index (κ3) is 1.58. The van der Waals surface area contributed by atoms with Gasteiger partial charge >= 0.3 is 5.97 Å². The Balaban J connectivity index is 2.98. The van der Waals surface area contributed by atoms with Gasteiger partial charge in [0.1, 0.15) is 0 Å². The highest BCUT2D eigenvalue weighted by molar-refractivity contribution is 5.78. The van der Waals surface area contributed by atoms with Crippen LogP contribution in [-0.2, 0) is 4.79 Å². The predicted molar refractivity (Wildman–Crippen MR) is 40.2 cm³/mol. The zero-order valence-corrected chi connectivity index (χ0v) is 6.14. The number of hydrogen-bond acceptors (Lipinski definition) is 3. The fraction of sp³-hybridized carbons (Fsp3) is 0.125. The van der Waals surface area contributed by atoms with E-state index in [2.05, 4.69) is 4.98 Å². The molecule has 0 spiro atoms. The van der Waals surface area contributed by atoms with Crippen LogP contribution in [-0.4, -0.2) is 16.1 Å². The predicted octanol–water partition coefficient (Wildman–Crippen LogP) is 0.773. The summed E-state index contributed by atoms with van der Waals surface area (Å²) >= 11 is 0. The van der Waals surface area contributed by atoms with E-state index in [4.69, 9.17) is 10.4 Å². The number of carboxylic acid groups (broad SMARTS) is 1. The second-order valence-electron chi connectivity index (χ2n) is 2.15. The van der Waals surface area contributed by atoms with Gasteiger partial charge in [-0.05, 0) is 12.1 Å². The van der Waals surface area contributed by atoms with Crippen molar-refractivity contribution >= 4 is 5.97 Å². The quantitative estimate of drug-likeness (QED) is 0.697. The van der Waals surface area contributed by atoms with Gasteiger partial charge < -0.3 is 5.11 Å². The average molecular weight is 162 g/mol. The van der Waals surface area contributed by atoms with E-state index in [9.17, 15) is 4.79 Å². The SMILES string of the molecule is N#CC(C(=O)O)c1ccccn1. The average Bonchev–Trinajstić information content (AvgIpc) is 2.07. The third-order valence-corrected chi connectivity index (χ3v) is 1.36. The van der Waals surface area contributed by atoms with Crippen LogP contribution in [0.5, 0.6) is 0 Å². The maximum atomic E-state index is 10.5. The summed E-state index contributed by atoms with van der Waals surface area (Å²) in [7, 11) is 0. The Hall–Kier alpha value is -1.89. The highest BCUT2D eigenvalue weighted by Gasteiger charge is 2.19. The minimum absolute atomic E-state index is 0.271. The Bertz CT molecular complexity index is 316. The van der Waals surface area contributed by atoms with Gasteiger partial charge in [-0.2, -0.15) is 5.26 Å². The van der Waals surface area contributed by atoms with Crippen LogP contribution < -0.4 is 0 Å². The van der Waals surface area contributed by atoms with E-state index in [0.29, 0.717) is 0 Å². The zero-order valence-electron chi connectivity index (χ0n) is 6.14. The number of nitriles is 1. The Kier molecular flexibility index (Phi) is 2.38. The highest BCUT2D eigenvalue weighted by atomic mass is 16.4. The van der Waals surface area contributed by atoms with Gasteiger partial charge in [0.25, 0.3) is 0 Å². The van der Waals surface area contributed by atoms with Crippen molar-refractivity contribution in [3.63, 3.8) is 0 Å². The number of nitrogens with zero attached hydrogens (tertiary/aromatic N) is 2. The van der Waals surface area contributed by atoms with E-state index in [1.54, 1.807) is 18.2 Å². The lowest BCUT2D eigenvalue weighted by atomic mass is 10.1. The number of hydrogen-bond donors (Lipinski definition) is 1. The monoisotopic (exact) mass is 162 g/mol. The van der Waals surface area contributed by atoms with Gasteiger partial charge in [-0.25, -0.2) is 0 Å². The molecule has 0 aliphatic carbocycles. The second kappa shape index (κ2) is 3.49. The van der Waals surface area contributed by atoms with Crippen molar-refractivity contribution in [1.82, 2.24) is 4.98 Å². The normalized spacial score (nSPS) is 11.6. The Morgan fingerprint density at radius 2 is 2.42 bits per heavy atom. The second-order valence-corrected chi connectivity index (χ2v) is 2.15. The molecule has 0 bridgehead atoms. The van der Waals surface area contributed by atoms with Gasteiger partial charge in [-0.1, -0.05) is 6.07 Å². The summed E-state index contributed by atoms with van der Waals surface area (Å²) in [5.74, 6) is -2.33. The molecule has 1 rings (SSSR count). The number of carboxylic acids is 1. The van der Waals surface area contributed by atoms with Crippen LogP contribution in [0.1, 0.15) is 11.6 Å². The molecule has 0 saturated carbocycles. The molecule has 4 heteroatoms. The summed E-state index contributed by atoms with van der Waals surface area (Å²) in [6.07, 6.45) is 1.46. The van der Waals surface area contributed by atoms with Crippen molar-refractivity contribution in [3.8, 4) is 6.07 Å². The lowest BCUT2D eigenvalue weighted by Gasteiger charge is -2.00. The first-order valence-electron chi connectivity index (χ1n) is 3.29. The number of aromatic nitrogens is 1. The molecule has 1 atom stereocenters. The molecule has 0 saturated heterocycles. The number of carbonyl (C=O) groups is 1. The molecule has 1 unspecified atom stereocenters. The van der Waals surface area contributed by atoms with Crippen LogP contribution in [0.4, 0.5) is 0 Å². The van der Waals surface area contributed by atoms with Crippen molar-refractivity contribution in [1.29, 1.82) is 5.26 Å². The first-order chi connectivity index (χ1) is 5.75. The fourth-order valence-corrected chi connectivity index (χ4v) is 0.795. The van der Waals surface area contributed by atoms with Crippen LogP contribution >= 0.6 is 0 Å². The molecule has 0 radical (unpaired) electrons. The zero-order chi connectivity index (χ0) is 8.97. The summed E-state index contributed by atoms with van der Waals surface area (Å²) < 4.78 is 0. The Labute approximate surface area is 69.1 Å². The van der Waals surface area contributed by atoms with Crippen LogP contribution in [0.15, 0.2) is 24.4 Å².